The number of carbonyl (C=O) groups is 2. The third-order valence-electron chi connectivity index (χ3n) is 4.35. The Balaban J connectivity index is 1.92. The van der Waals surface area contributed by atoms with Crippen LogP contribution in [0.5, 0.6) is 23.0 Å². The zero-order valence-electron chi connectivity index (χ0n) is 18.6. The molecule has 0 radical (unpaired) electrons. The van der Waals surface area contributed by atoms with Crippen LogP contribution in [0.4, 0.5) is 0 Å². The SMILES string of the molecule is C=CCNC(=O)/C(C#N)=C/c1ccc(OC(=O)CCCOc2ccc(OC)cc2)c(OC)c1. The van der Waals surface area contributed by atoms with Crippen LogP contribution in [0.2, 0.25) is 0 Å². The first kappa shape index (κ1) is 25.0. The van der Waals surface area contributed by atoms with Crippen LogP contribution in [0.15, 0.2) is 60.7 Å². The van der Waals surface area contributed by atoms with Crippen LogP contribution in [0.1, 0.15) is 18.4 Å². The van der Waals surface area contributed by atoms with Crippen molar-refractivity contribution in [2.45, 2.75) is 12.8 Å². The fourth-order valence-electron chi connectivity index (χ4n) is 2.69. The number of nitrogens with zero attached hydrogens (tertiary/aromatic N) is 1. The summed E-state index contributed by atoms with van der Waals surface area (Å²) in [7, 11) is 3.03. The molecule has 1 amide bonds. The summed E-state index contributed by atoms with van der Waals surface area (Å²) in [5.74, 6) is 1.02. The Morgan fingerprint density at radius 3 is 2.42 bits per heavy atom. The topological polar surface area (TPSA) is 107 Å². The van der Waals surface area contributed by atoms with Gasteiger partial charge in [-0.2, -0.15) is 5.26 Å². The summed E-state index contributed by atoms with van der Waals surface area (Å²) in [4.78, 5) is 24.2. The number of nitrogens with one attached hydrogen (secondary N) is 1. The van der Waals surface area contributed by atoms with Crippen molar-refractivity contribution < 1.29 is 28.5 Å². The first-order valence-corrected chi connectivity index (χ1v) is 10.2. The van der Waals surface area contributed by atoms with Gasteiger partial charge in [0.15, 0.2) is 11.5 Å². The molecule has 0 aliphatic rings. The van der Waals surface area contributed by atoms with Gasteiger partial charge in [0.05, 0.1) is 20.8 Å². The molecule has 8 nitrogen and oxygen atoms in total. The Labute approximate surface area is 193 Å². The average Bonchev–Trinajstić information content (AvgIpc) is 2.84. The lowest BCUT2D eigenvalue weighted by atomic mass is 10.1. The van der Waals surface area contributed by atoms with E-state index in [-0.39, 0.29) is 24.3 Å². The molecule has 172 valence electrons. The Hall–Kier alpha value is -4.25. The van der Waals surface area contributed by atoms with Crippen molar-refractivity contribution >= 4 is 18.0 Å². The molecule has 0 atom stereocenters. The maximum atomic E-state index is 12.2. The minimum Gasteiger partial charge on any atom is -0.497 e. The zero-order chi connectivity index (χ0) is 24.1. The van der Waals surface area contributed by atoms with Gasteiger partial charge in [-0.05, 0) is 54.5 Å². The lowest BCUT2D eigenvalue weighted by molar-refractivity contribution is -0.134. The van der Waals surface area contributed by atoms with Gasteiger partial charge < -0.3 is 24.3 Å². The summed E-state index contributed by atoms with van der Waals surface area (Å²) in [5, 5.41) is 11.8. The molecule has 0 bridgehead atoms. The molecule has 0 aliphatic carbocycles. The van der Waals surface area contributed by atoms with Crippen LogP contribution >= 0.6 is 0 Å². The average molecular weight is 450 g/mol. The molecule has 2 aromatic carbocycles. The third-order valence-corrected chi connectivity index (χ3v) is 4.35. The van der Waals surface area contributed by atoms with Gasteiger partial charge in [-0.15, -0.1) is 6.58 Å². The van der Waals surface area contributed by atoms with Crippen LogP contribution in [-0.2, 0) is 9.59 Å². The fourth-order valence-corrected chi connectivity index (χ4v) is 2.69. The molecular formula is C25H26N2O6. The van der Waals surface area contributed by atoms with Crippen LogP contribution < -0.4 is 24.3 Å². The second-order valence-corrected chi connectivity index (χ2v) is 6.68. The number of hydrogen-bond acceptors (Lipinski definition) is 7. The molecule has 0 heterocycles. The van der Waals surface area contributed by atoms with Gasteiger partial charge in [0.2, 0.25) is 0 Å². The molecule has 0 aromatic heterocycles. The van der Waals surface area contributed by atoms with E-state index in [1.807, 2.05) is 6.07 Å². The van der Waals surface area contributed by atoms with Gasteiger partial charge in [-0.1, -0.05) is 12.1 Å². The largest absolute Gasteiger partial charge is 0.497 e. The number of esters is 1. The van der Waals surface area contributed by atoms with Crippen molar-refractivity contribution in [2.75, 3.05) is 27.4 Å². The molecule has 0 unspecified atom stereocenters. The minimum atomic E-state index is -0.510. The molecule has 0 saturated carbocycles. The molecule has 0 saturated heterocycles. The lowest BCUT2D eigenvalue weighted by Gasteiger charge is -2.11. The summed E-state index contributed by atoms with van der Waals surface area (Å²) in [6.45, 7) is 4.12. The number of methoxy groups -OCH3 is 2. The maximum absolute atomic E-state index is 12.2. The minimum absolute atomic E-state index is 0.0690. The maximum Gasteiger partial charge on any atom is 0.311 e. The summed E-state index contributed by atoms with van der Waals surface area (Å²) in [6, 6.07) is 13.8. The fraction of sp³-hybridized carbons (Fsp3) is 0.240. The van der Waals surface area contributed by atoms with E-state index in [4.69, 9.17) is 18.9 Å². The van der Waals surface area contributed by atoms with Crippen LogP contribution in [-0.4, -0.2) is 39.2 Å². The second kappa shape index (κ2) is 13.2. The molecule has 2 rings (SSSR count). The van der Waals surface area contributed by atoms with E-state index in [0.29, 0.717) is 30.1 Å². The van der Waals surface area contributed by atoms with E-state index in [2.05, 4.69) is 11.9 Å². The summed E-state index contributed by atoms with van der Waals surface area (Å²) >= 11 is 0. The number of benzene rings is 2. The van der Waals surface area contributed by atoms with Crippen molar-refractivity contribution in [3.8, 4) is 29.1 Å². The smallest absolute Gasteiger partial charge is 0.311 e. The predicted molar refractivity (Wildman–Crippen MR) is 123 cm³/mol. The molecule has 0 aliphatic heterocycles. The van der Waals surface area contributed by atoms with Gasteiger partial charge in [0, 0.05) is 13.0 Å². The van der Waals surface area contributed by atoms with Gasteiger partial charge in [0.25, 0.3) is 5.91 Å². The number of rotatable bonds is 12. The molecular weight excluding hydrogens is 424 g/mol. The van der Waals surface area contributed by atoms with Crippen LogP contribution in [0.25, 0.3) is 6.08 Å². The van der Waals surface area contributed by atoms with Crippen LogP contribution in [0, 0.1) is 11.3 Å². The monoisotopic (exact) mass is 450 g/mol. The highest BCUT2D eigenvalue weighted by atomic mass is 16.6. The number of ether oxygens (including phenoxy) is 4. The van der Waals surface area contributed by atoms with Crippen molar-refractivity contribution in [3.05, 3.63) is 66.3 Å². The highest BCUT2D eigenvalue weighted by Crippen LogP contribution is 2.29. The Morgan fingerprint density at radius 1 is 1.06 bits per heavy atom. The lowest BCUT2D eigenvalue weighted by Crippen LogP contribution is -2.24. The quantitative estimate of drug-likeness (QED) is 0.131. The van der Waals surface area contributed by atoms with Crippen LogP contribution in [0.3, 0.4) is 0 Å². The van der Waals surface area contributed by atoms with Gasteiger partial charge >= 0.3 is 5.97 Å². The molecule has 0 spiro atoms. The molecule has 8 heteroatoms. The van der Waals surface area contributed by atoms with Gasteiger partial charge in [-0.3, -0.25) is 9.59 Å². The highest BCUT2D eigenvalue weighted by molar-refractivity contribution is 6.01. The standard InChI is InChI=1S/C25H26N2O6/c1-4-13-27-25(29)19(17-26)15-18-7-12-22(23(16-18)31-3)33-24(28)6-5-14-32-21-10-8-20(30-2)9-11-21/h4,7-12,15-16H,1,5-6,13-14H2,2-3H3,(H,27,29)/b19-15+. The molecule has 0 fully saturated rings. The summed E-state index contributed by atoms with van der Waals surface area (Å²) in [6.07, 6.45) is 3.57. The van der Waals surface area contributed by atoms with Gasteiger partial charge in [-0.25, -0.2) is 0 Å². The molecule has 1 N–H and O–H groups in total. The number of amides is 1. The van der Waals surface area contributed by atoms with Crippen molar-refractivity contribution in [2.24, 2.45) is 0 Å². The van der Waals surface area contributed by atoms with E-state index in [9.17, 15) is 14.9 Å². The normalized spacial score (nSPS) is 10.5. The predicted octanol–water partition coefficient (Wildman–Crippen LogP) is 3.68. The highest BCUT2D eigenvalue weighted by Gasteiger charge is 2.13. The van der Waals surface area contributed by atoms with E-state index >= 15 is 0 Å². The summed E-state index contributed by atoms with van der Waals surface area (Å²) < 4.78 is 21.4. The van der Waals surface area contributed by atoms with Crippen molar-refractivity contribution in [1.29, 1.82) is 5.26 Å². The Bertz CT molecular complexity index is 1040. The first-order chi connectivity index (χ1) is 16.0. The van der Waals surface area contributed by atoms with Crippen molar-refractivity contribution in [1.82, 2.24) is 5.32 Å². The first-order valence-electron chi connectivity index (χ1n) is 10.2. The Kier molecular flexibility index (Phi) is 10.0. The molecule has 33 heavy (non-hydrogen) atoms. The zero-order valence-corrected chi connectivity index (χ0v) is 18.6. The number of nitriles is 1. The Morgan fingerprint density at radius 2 is 1.79 bits per heavy atom. The van der Waals surface area contributed by atoms with Crippen molar-refractivity contribution in [3.63, 3.8) is 0 Å². The van der Waals surface area contributed by atoms with E-state index < -0.39 is 11.9 Å². The van der Waals surface area contributed by atoms with E-state index in [1.165, 1.54) is 19.3 Å². The number of hydrogen-bond donors (Lipinski definition) is 1. The molecule has 2 aromatic rings. The number of carbonyl (C=O) groups excluding carboxylic acids is 2. The van der Waals surface area contributed by atoms with E-state index in [0.717, 1.165) is 5.75 Å². The second-order valence-electron chi connectivity index (χ2n) is 6.68. The van der Waals surface area contributed by atoms with Gasteiger partial charge in [0.1, 0.15) is 23.1 Å². The summed E-state index contributed by atoms with van der Waals surface area (Å²) in [5.41, 5.74) is 0.477. The third kappa shape index (κ3) is 8.07. The van der Waals surface area contributed by atoms with E-state index in [1.54, 1.807) is 49.6 Å².